The van der Waals surface area contributed by atoms with Crippen LogP contribution >= 0.6 is 15.9 Å². The zero-order chi connectivity index (χ0) is 19.4. The van der Waals surface area contributed by atoms with E-state index < -0.39 is 6.04 Å². The molecule has 8 heteroatoms. The number of phenolic OH excluding ortho intramolecular Hbond substituents is 1. The summed E-state index contributed by atoms with van der Waals surface area (Å²) in [4.78, 5) is 4.45. The summed E-state index contributed by atoms with van der Waals surface area (Å²) >= 11 is 3.38. The largest absolute Gasteiger partial charge is 0.507 e. The molecule has 2 aromatic carbocycles. The monoisotopic (exact) mass is 432 g/mol. The molecule has 0 amide bonds. The minimum absolute atomic E-state index is 0.0945. The van der Waals surface area contributed by atoms with Gasteiger partial charge in [0.15, 0.2) is 17.3 Å². The Hall–Kier alpha value is -2.58. The molecule has 1 atom stereocenters. The predicted molar refractivity (Wildman–Crippen MR) is 106 cm³/mol. The lowest BCUT2D eigenvalue weighted by atomic mass is 10.1. The normalized spacial score (nSPS) is 12.0. The van der Waals surface area contributed by atoms with Gasteiger partial charge in [-0.05, 0) is 49.7 Å². The zero-order valence-corrected chi connectivity index (χ0v) is 16.7. The van der Waals surface area contributed by atoms with Crippen molar-refractivity contribution in [1.29, 1.82) is 0 Å². The third kappa shape index (κ3) is 4.23. The molecule has 27 heavy (non-hydrogen) atoms. The van der Waals surface area contributed by atoms with Gasteiger partial charge in [-0.25, -0.2) is 4.98 Å². The number of phenols is 1. The fourth-order valence-electron chi connectivity index (χ4n) is 2.64. The molecule has 0 bridgehead atoms. The minimum atomic E-state index is -0.532. The predicted octanol–water partition coefficient (Wildman–Crippen LogP) is 3.79. The first-order valence-corrected chi connectivity index (χ1v) is 9.39. The van der Waals surface area contributed by atoms with Crippen molar-refractivity contribution in [2.75, 3.05) is 13.2 Å². The summed E-state index contributed by atoms with van der Waals surface area (Å²) < 4.78 is 12.1. The number of ether oxygens (including phenoxy) is 2. The number of rotatable bonds is 7. The average Bonchev–Trinajstić information content (AvgIpc) is 3.15. The smallest absolute Gasteiger partial charge is 0.184 e. The highest BCUT2D eigenvalue weighted by Crippen LogP contribution is 2.33. The average molecular weight is 433 g/mol. The topological polar surface area (TPSA) is 106 Å². The highest BCUT2D eigenvalue weighted by Gasteiger charge is 2.18. The van der Waals surface area contributed by atoms with Crippen LogP contribution in [0.2, 0.25) is 0 Å². The summed E-state index contributed by atoms with van der Waals surface area (Å²) in [6, 6.07) is 10.1. The van der Waals surface area contributed by atoms with Crippen LogP contribution in [0, 0.1) is 0 Å². The molecule has 4 N–H and O–H groups in total. The van der Waals surface area contributed by atoms with Gasteiger partial charge >= 0.3 is 0 Å². The van der Waals surface area contributed by atoms with Crippen molar-refractivity contribution < 1.29 is 14.6 Å². The van der Waals surface area contributed by atoms with Crippen molar-refractivity contribution in [3.8, 4) is 28.6 Å². The second kappa shape index (κ2) is 8.41. The minimum Gasteiger partial charge on any atom is -0.507 e. The second-order valence-electron chi connectivity index (χ2n) is 5.76. The molecule has 7 nitrogen and oxygen atoms in total. The van der Waals surface area contributed by atoms with E-state index in [1.165, 1.54) is 0 Å². The molecule has 1 aromatic heterocycles. The molecule has 0 aliphatic rings. The van der Waals surface area contributed by atoms with Crippen LogP contribution in [0.4, 0.5) is 0 Å². The van der Waals surface area contributed by atoms with Crippen LogP contribution in [-0.4, -0.2) is 33.5 Å². The van der Waals surface area contributed by atoms with Gasteiger partial charge in [-0.1, -0.05) is 22.0 Å². The highest BCUT2D eigenvalue weighted by atomic mass is 79.9. The van der Waals surface area contributed by atoms with Crippen LogP contribution in [0.25, 0.3) is 11.4 Å². The molecule has 3 aromatic rings. The van der Waals surface area contributed by atoms with Crippen molar-refractivity contribution in [2.24, 2.45) is 5.73 Å². The molecule has 0 fully saturated rings. The van der Waals surface area contributed by atoms with Crippen molar-refractivity contribution >= 4 is 15.9 Å². The molecule has 3 rings (SSSR count). The Morgan fingerprint density at radius 1 is 1.11 bits per heavy atom. The number of aromatic nitrogens is 3. The molecular weight excluding hydrogens is 412 g/mol. The van der Waals surface area contributed by atoms with Gasteiger partial charge < -0.3 is 20.3 Å². The number of aromatic hydroxyl groups is 1. The van der Waals surface area contributed by atoms with Gasteiger partial charge in [0, 0.05) is 4.47 Å². The van der Waals surface area contributed by atoms with Crippen LogP contribution < -0.4 is 15.2 Å². The summed E-state index contributed by atoms with van der Waals surface area (Å²) in [5.74, 6) is 2.26. The number of H-pyrrole nitrogens is 1. The van der Waals surface area contributed by atoms with Crippen LogP contribution in [0.5, 0.6) is 17.2 Å². The number of halogens is 1. The van der Waals surface area contributed by atoms with Crippen LogP contribution in [0.1, 0.15) is 31.3 Å². The summed E-state index contributed by atoms with van der Waals surface area (Å²) in [6.45, 7) is 4.90. The Labute approximate surface area is 165 Å². The molecule has 0 unspecified atom stereocenters. The Morgan fingerprint density at radius 2 is 1.85 bits per heavy atom. The highest BCUT2D eigenvalue weighted by molar-refractivity contribution is 9.10. The van der Waals surface area contributed by atoms with Crippen LogP contribution in [0.15, 0.2) is 40.9 Å². The van der Waals surface area contributed by atoms with Gasteiger partial charge in [0.1, 0.15) is 11.6 Å². The van der Waals surface area contributed by atoms with Crippen molar-refractivity contribution in [3.05, 3.63) is 52.3 Å². The fraction of sp³-hybridized carbons (Fsp3) is 0.263. The first-order chi connectivity index (χ1) is 13.0. The maximum absolute atomic E-state index is 10.1. The molecule has 142 valence electrons. The Morgan fingerprint density at radius 3 is 2.59 bits per heavy atom. The first kappa shape index (κ1) is 19.2. The van der Waals surface area contributed by atoms with E-state index in [4.69, 9.17) is 15.2 Å². The lowest BCUT2D eigenvalue weighted by Gasteiger charge is -2.14. The maximum atomic E-state index is 10.1. The van der Waals surface area contributed by atoms with Gasteiger partial charge in [-0.15, -0.1) is 0 Å². The second-order valence-corrected chi connectivity index (χ2v) is 6.67. The van der Waals surface area contributed by atoms with E-state index in [-0.39, 0.29) is 5.75 Å². The lowest BCUT2D eigenvalue weighted by molar-refractivity contribution is 0.287. The number of aromatic amines is 1. The van der Waals surface area contributed by atoms with Gasteiger partial charge in [0.2, 0.25) is 0 Å². The summed E-state index contributed by atoms with van der Waals surface area (Å²) in [5.41, 5.74) is 7.69. The molecule has 0 saturated carbocycles. The Kier molecular flexibility index (Phi) is 5.98. The molecular formula is C19H21BrN4O3. The van der Waals surface area contributed by atoms with Gasteiger partial charge in [-0.2, -0.15) is 5.10 Å². The third-order valence-electron chi connectivity index (χ3n) is 3.92. The number of benzene rings is 2. The van der Waals surface area contributed by atoms with Gasteiger partial charge in [0.25, 0.3) is 0 Å². The van der Waals surface area contributed by atoms with Gasteiger partial charge in [0.05, 0.1) is 24.8 Å². The summed E-state index contributed by atoms with van der Waals surface area (Å²) in [6.07, 6.45) is 0. The van der Waals surface area contributed by atoms with E-state index >= 15 is 0 Å². The number of nitrogens with zero attached hydrogens (tertiary/aromatic N) is 2. The van der Waals surface area contributed by atoms with Crippen LogP contribution in [-0.2, 0) is 0 Å². The van der Waals surface area contributed by atoms with Crippen molar-refractivity contribution in [1.82, 2.24) is 15.2 Å². The molecule has 0 aliphatic carbocycles. The van der Waals surface area contributed by atoms with E-state index in [1.807, 2.05) is 32.0 Å². The first-order valence-electron chi connectivity index (χ1n) is 8.59. The standard InChI is InChI=1S/C19H21BrN4O3/c1-3-26-15-8-5-11(9-16(15)27-4-2)17(21)19-22-18(23-24-19)13-10-12(20)6-7-14(13)25/h5-10,17,25H,3-4,21H2,1-2H3,(H,22,23,24)/t17-/m1/s1. The Bertz CT molecular complexity index is 929. The maximum Gasteiger partial charge on any atom is 0.184 e. The number of nitrogens with one attached hydrogen (secondary N) is 1. The van der Waals surface area contributed by atoms with Gasteiger partial charge in [-0.3, -0.25) is 5.10 Å². The number of nitrogens with two attached hydrogens (primary N) is 1. The van der Waals surface area contributed by atoms with E-state index in [2.05, 4.69) is 31.1 Å². The number of hydrogen-bond donors (Lipinski definition) is 3. The zero-order valence-electron chi connectivity index (χ0n) is 15.1. The van der Waals surface area contributed by atoms with E-state index in [1.54, 1.807) is 18.2 Å². The van der Waals surface area contributed by atoms with Crippen LogP contribution in [0.3, 0.4) is 0 Å². The molecule has 0 saturated heterocycles. The molecule has 0 aliphatic heterocycles. The third-order valence-corrected chi connectivity index (χ3v) is 4.42. The lowest BCUT2D eigenvalue weighted by Crippen LogP contribution is -2.14. The molecule has 0 spiro atoms. The molecule has 1 heterocycles. The van der Waals surface area contributed by atoms with E-state index in [9.17, 15) is 5.11 Å². The summed E-state index contributed by atoms with van der Waals surface area (Å²) in [5, 5.41) is 17.1. The fourth-order valence-corrected chi connectivity index (χ4v) is 3.00. The van der Waals surface area contributed by atoms with E-state index in [0.717, 1.165) is 10.0 Å². The SMILES string of the molecule is CCOc1ccc([C@@H](N)c2nc(-c3cc(Br)ccc3O)n[nH]2)cc1OCC. The quantitative estimate of drug-likeness (QED) is 0.524. The molecule has 0 radical (unpaired) electrons. The summed E-state index contributed by atoms with van der Waals surface area (Å²) in [7, 11) is 0. The van der Waals surface area contributed by atoms with Crippen molar-refractivity contribution in [3.63, 3.8) is 0 Å². The Balaban J connectivity index is 1.90. The van der Waals surface area contributed by atoms with E-state index in [0.29, 0.717) is 41.9 Å². The van der Waals surface area contributed by atoms with Crippen molar-refractivity contribution in [2.45, 2.75) is 19.9 Å². The number of hydrogen-bond acceptors (Lipinski definition) is 6.